The smallest absolute Gasteiger partial charge is 0.341 e. The molecule has 0 spiro atoms. The Balaban J connectivity index is 1.68. The van der Waals surface area contributed by atoms with Crippen molar-refractivity contribution in [2.75, 3.05) is 18.5 Å². The summed E-state index contributed by atoms with van der Waals surface area (Å²) >= 11 is 6.86. The lowest BCUT2D eigenvalue weighted by molar-refractivity contribution is 0.0527. The molecule has 0 bridgehead atoms. The molecule has 0 aliphatic heterocycles. The third-order valence-electron chi connectivity index (χ3n) is 4.99. The number of hydrogen-bond donors (Lipinski definition) is 2. The number of para-hydroxylation sites is 1. The number of ether oxygens (including phenoxy) is 2. The first-order valence-electron chi connectivity index (χ1n) is 10.7. The first-order valence-corrected chi connectivity index (χ1v) is 11.9. The van der Waals surface area contributed by atoms with Crippen molar-refractivity contribution in [3.8, 4) is 5.75 Å². The maximum atomic E-state index is 12.8. The van der Waals surface area contributed by atoms with Gasteiger partial charge in [0, 0.05) is 4.88 Å². The van der Waals surface area contributed by atoms with E-state index < -0.39 is 0 Å². The van der Waals surface area contributed by atoms with E-state index in [9.17, 15) is 9.59 Å². The van der Waals surface area contributed by atoms with Crippen molar-refractivity contribution in [1.82, 2.24) is 5.32 Å². The van der Waals surface area contributed by atoms with Gasteiger partial charge in [-0.3, -0.25) is 10.1 Å². The molecule has 0 saturated carbocycles. The SMILES string of the molecule is CCCCCOc1ccccc1C(=O)NC(=S)Nc1sc2c(c1C(=O)OCC)CCC2. The molecule has 6 nitrogen and oxygen atoms in total. The molecule has 2 N–H and O–H groups in total. The van der Waals surface area contributed by atoms with Gasteiger partial charge in [-0.1, -0.05) is 31.9 Å². The number of carbonyl (C=O) groups is 2. The molecule has 31 heavy (non-hydrogen) atoms. The lowest BCUT2D eigenvalue weighted by Crippen LogP contribution is -2.34. The zero-order chi connectivity index (χ0) is 22.2. The predicted octanol–water partition coefficient (Wildman–Crippen LogP) is 5.11. The lowest BCUT2D eigenvalue weighted by atomic mass is 10.1. The summed E-state index contributed by atoms with van der Waals surface area (Å²) in [4.78, 5) is 26.5. The van der Waals surface area contributed by atoms with Crippen LogP contribution in [0.5, 0.6) is 5.75 Å². The van der Waals surface area contributed by atoms with Gasteiger partial charge in [0.15, 0.2) is 5.11 Å². The summed E-state index contributed by atoms with van der Waals surface area (Å²) in [5.74, 6) is -0.184. The molecule has 0 atom stereocenters. The van der Waals surface area contributed by atoms with E-state index in [4.69, 9.17) is 21.7 Å². The monoisotopic (exact) mass is 460 g/mol. The molecule has 1 amide bonds. The minimum Gasteiger partial charge on any atom is -0.493 e. The number of benzene rings is 1. The molecule has 1 aliphatic carbocycles. The number of fused-ring (bicyclic) bond motifs is 1. The molecule has 0 saturated heterocycles. The highest BCUT2D eigenvalue weighted by molar-refractivity contribution is 7.80. The summed E-state index contributed by atoms with van der Waals surface area (Å²) in [6.07, 6.45) is 5.94. The van der Waals surface area contributed by atoms with Crippen molar-refractivity contribution in [1.29, 1.82) is 0 Å². The molecule has 0 fully saturated rings. The second-order valence-corrected chi connectivity index (χ2v) is 8.76. The van der Waals surface area contributed by atoms with Crippen LogP contribution in [0.2, 0.25) is 0 Å². The number of hydrogen-bond acceptors (Lipinski definition) is 6. The summed E-state index contributed by atoms with van der Waals surface area (Å²) in [5.41, 5.74) is 1.99. The van der Waals surface area contributed by atoms with Gasteiger partial charge in [-0.2, -0.15) is 0 Å². The van der Waals surface area contributed by atoms with Crippen LogP contribution in [-0.2, 0) is 17.6 Å². The zero-order valence-electron chi connectivity index (χ0n) is 17.9. The van der Waals surface area contributed by atoms with E-state index in [1.165, 1.54) is 16.2 Å². The minimum absolute atomic E-state index is 0.135. The Morgan fingerprint density at radius 2 is 1.97 bits per heavy atom. The Labute approximate surface area is 192 Å². The molecule has 0 radical (unpaired) electrons. The van der Waals surface area contributed by atoms with Crippen LogP contribution in [0.4, 0.5) is 5.00 Å². The van der Waals surface area contributed by atoms with Crippen molar-refractivity contribution in [2.24, 2.45) is 0 Å². The number of thiophene rings is 1. The van der Waals surface area contributed by atoms with Crippen LogP contribution in [-0.4, -0.2) is 30.2 Å². The van der Waals surface area contributed by atoms with Gasteiger partial charge in [0.2, 0.25) is 0 Å². The van der Waals surface area contributed by atoms with E-state index in [1.807, 2.05) is 6.07 Å². The van der Waals surface area contributed by atoms with E-state index in [0.29, 0.717) is 35.1 Å². The number of esters is 1. The van der Waals surface area contributed by atoms with Gasteiger partial charge in [0.25, 0.3) is 5.91 Å². The molecule has 1 aromatic carbocycles. The highest BCUT2D eigenvalue weighted by Gasteiger charge is 2.28. The van der Waals surface area contributed by atoms with Gasteiger partial charge >= 0.3 is 5.97 Å². The van der Waals surface area contributed by atoms with Crippen molar-refractivity contribution in [3.63, 3.8) is 0 Å². The van der Waals surface area contributed by atoms with E-state index >= 15 is 0 Å². The summed E-state index contributed by atoms with van der Waals surface area (Å²) < 4.78 is 11.0. The third-order valence-corrected chi connectivity index (χ3v) is 6.40. The lowest BCUT2D eigenvalue weighted by Gasteiger charge is -2.13. The zero-order valence-corrected chi connectivity index (χ0v) is 19.5. The molecule has 8 heteroatoms. The fraction of sp³-hybridized carbons (Fsp3) is 0.435. The average molecular weight is 461 g/mol. The Bertz CT molecular complexity index is 955. The Hall–Kier alpha value is -2.45. The molecule has 1 aromatic heterocycles. The number of thiocarbonyl (C=S) groups is 1. The van der Waals surface area contributed by atoms with Crippen LogP contribution < -0.4 is 15.4 Å². The second-order valence-electron chi connectivity index (χ2n) is 7.24. The van der Waals surface area contributed by atoms with Crippen LogP contribution in [0, 0.1) is 0 Å². The van der Waals surface area contributed by atoms with Crippen molar-refractivity contribution in [2.45, 2.75) is 52.4 Å². The Morgan fingerprint density at radius 1 is 1.16 bits per heavy atom. The summed E-state index contributed by atoms with van der Waals surface area (Å²) in [7, 11) is 0. The summed E-state index contributed by atoms with van der Waals surface area (Å²) in [5, 5.41) is 6.50. The standard InChI is InChI=1S/C23H28N2O4S2/c1-3-5-8-14-29-17-12-7-6-10-15(17)20(26)24-23(30)25-21-19(22(27)28-4-2)16-11-9-13-18(16)31-21/h6-7,10,12H,3-5,8-9,11,13-14H2,1-2H3,(H2,24,25,26,30). The Kier molecular flexibility index (Phi) is 8.43. The topological polar surface area (TPSA) is 76.7 Å². The largest absolute Gasteiger partial charge is 0.493 e. The number of carbonyl (C=O) groups excluding carboxylic acids is 2. The minimum atomic E-state index is -0.357. The number of anilines is 1. The molecule has 166 valence electrons. The maximum absolute atomic E-state index is 12.8. The van der Waals surface area contributed by atoms with Crippen LogP contribution >= 0.6 is 23.6 Å². The quantitative estimate of drug-likeness (QED) is 0.308. The first kappa shape index (κ1) is 23.2. The number of rotatable bonds is 9. The number of nitrogens with one attached hydrogen (secondary N) is 2. The highest BCUT2D eigenvalue weighted by Crippen LogP contribution is 2.39. The number of unbranched alkanes of at least 4 members (excludes halogenated alkanes) is 2. The van der Waals surface area contributed by atoms with Crippen LogP contribution in [0.25, 0.3) is 0 Å². The molecule has 0 unspecified atom stereocenters. The van der Waals surface area contributed by atoms with E-state index in [2.05, 4.69) is 17.6 Å². The van der Waals surface area contributed by atoms with Crippen LogP contribution in [0.15, 0.2) is 24.3 Å². The van der Waals surface area contributed by atoms with Gasteiger partial charge in [0.05, 0.1) is 24.3 Å². The summed E-state index contributed by atoms with van der Waals surface area (Å²) in [6.45, 7) is 4.78. The van der Waals surface area contributed by atoms with Gasteiger partial charge in [-0.15, -0.1) is 11.3 Å². The second kappa shape index (κ2) is 11.2. The molecular formula is C23H28N2O4S2. The maximum Gasteiger partial charge on any atom is 0.341 e. The third kappa shape index (κ3) is 5.83. The van der Waals surface area contributed by atoms with Gasteiger partial charge < -0.3 is 14.8 Å². The van der Waals surface area contributed by atoms with E-state index in [0.717, 1.165) is 44.1 Å². The summed E-state index contributed by atoms with van der Waals surface area (Å²) in [6, 6.07) is 7.10. The van der Waals surface area contributed by atoms with Crippen molar-refractivity contribution >= 4 is 45.5 Å². The van der Waals surface area contributed by atoms with Crippen molar-refractivity contribution in [3.05, 3.63) is 45.8 Å². The molecule has 1 heterocycles. The fourth-order valence-corrected chi connectivity index (χ4v) is 5.07. The number of amides is 1. The fourth-order valence-electron chi connectivity index (χ4n) is 3.53. The average Bonchev–Trinajstić information content (AvgIpc) is 3.32. The first-order chi connectivity index (χ1) is 15.0. The van der Waals surface area contributed by atoms with Crippen LogP contribution in [0.1, 0.15) is 70.7 Å². The highest BCUT2D eigenvalue weighted by atomic mass is 32.1. The van der Waals surface area contributed by atoms with Crippen molar-refractivity contribution < 1.29 is 19.1 Å². The normalized spacial score (nSPS) is 12.2. The molecule has 1 aliphatic rings. The van der Waals surface area contributed by atoms with E-state index in [1.54, 1.807) is 25.1 Å². The van der Waals surface area contributed by atoms with Gasteiger partial charge in [0.1, 0.15) is 10.8 Å². The number of aryl methyl sites for hydroxylation is 1. The molecule has 2 aromatic rings. The molecular weight excluding hydrogens is 432 g/mol. The Morgan fingerprint density at radius 3 is 2.74 bits per heavy atom. The predicted molar refractivity (Wildman–Crippen MR) is 127 cm³/mol. The van der Waals surface area contributed by atoms with Gasteiger partial charge in [-0.25, -0.2) is 4.79 Å². The van der Waals surface area contributed by atoms with E-state index in [-0.39, 0.29) is 17.0 Å². The molecule has 3 rings (SSSR count). The van der Waals surface area contributed by atoms with Gasteiger partial charge in [-0.05, 0) is 62.5 Å². The van der Waals surface area contributed by atoms with Crippen LogP contribution in [0.3, 0.4) is 0 Å².